The molecule has 11 atom stereocenters. The van der Waals surface area contributed by atoms with Crippen LogP contribution in [0.25, 0.3) is 0 Å². The summed E-state index contributed by atoms with van der Waals surface area (Å²) in [5, 5.41) is 10.6. The molecular formula is C22H31NO6. The summed E-state index contributed by atoms with van der Waals surface area (Å²) in [5.41, 5.74) is 0.427. The number of aliphatic hydroxyl groups is 1. The quantitative estimate of drug-likeness (QED) is 0.696. The van der Waals surface area contributed by atoms with E-state index in [1.165, 1.54) is 0 Å². The van der Waals surface area contributed by atoms with Gasteiger partial charge in [-0.05, 0) is 45.1 Å². The van der Waals surface area contributed by atoms with E-state index < -0.39 is 11.9 Å². The second-order valence-corrected chi connectivity index (χ2v) is 9.91. The first kappa shape index (κ1) is 18.6. The summed E-state index contributed by atoms with van der Waals surface area (Å²) in [6.07, 6.45) is 2.59. The van der Waals surface area contributed by atoms with Crippen molar-refractivity contribution in [3.63, 3.8) is 0 Å². The van der Waals surface area contributed by atoms with Gasteiger partial charge in [0.15, 0.2) is 11.9 Å². The van der Waals surface area contributed by atoms with Gasteiger partial charge in [0.25, 0.3) is 0 Å². The maximum atomic E-state index is 12.2. The number of aliphatic hydroxyl groups excluding tert-OH is 1. The van der Waals surface area contributed by atoms with Crippen molar-refractivity contribution in [2.45, 2.75) is 88.2 Å². The largest absolute Gasteiger partial charge is 0.496 e. The lowest BCUT2D eigenvalue weighted by Crippen LogP contribution is -2.61. The van der Waals surface area contributed by atoms with Crippen molar-refractivity contribution >= 4 is 5.97 Å². The molecule has 6 aliphatic rings. The first-order valence-corrected chi connectivity index (χ1v) is 11.1. The molecular weight excluding hydrogens is 374 g/mol. The van der Waals surface area contributed by atoms with Crippen LogP contribution in [0.3, 0.4) is 0 Å². The number of nitrogens with zero attached hydrogens (tertiary/aromatic N) is 1. The number of hydrogen-bond acceptors (Lipinski definition) is 7. The van der Waals surface area contributed by atoms with Gasteiger partial charge in [-0.25, -0.2) is 4.79 Å². The zero-order chi connectivity index (χ0) is 20.3. The first-order chi connectivity index (χ1) is 13.9. The summed E-state index contributed by atoms with van der Waals surface area (Å²) in [7, 11) is 1.59. The SMILES string of the molecule is CC[C@H](O)C[C@@]12[C@@H]3C[C@H]4[C@H]5[C@H](C)[C@@H]([C@@H]6OC(=O)C(C)=C6OC)O[C@]5(O3)[C@@H]1CCN42. The summed E-state index contributed by atoms with van der Waals surface area (Å²) in [4.78, 5) is 14.9. The molecule has 0 aliphatic carbocycles. The van der Waals surface area contributed by atoms with E-state index in [4.69, 9.17) is 18.9 Å². The van der Waals surface area contributed by atoms with Crippen LogP contribution in [0.5, 0.6) is 0 Å². The van der Waals surface area contributed by atoms with Crippen molar-refractivity contribution in [1.82, 2.24) is 4.90 Å². The van der Waals surface area contributed by atoms with Crippen LogP contribution < -0.4 is 0 Å². The van der Waals surface area contributed by atoms with Crippen LogP contribution in [0.4, 0.5) is 0 Å². The molecule has 0 aromatic rings. The van der Waals surface area contributed by atoms with Crippen LogP contribution in [-0.4, -0.2) is 71.4 Å². The Hall–Kier alpha value is -1.15. The zero-order valence-electron chi connectivity index (χ0n) is 17.6. The smallest absolute Gasteiger partial charge is 0.338 e. The molecule has 160 valence electrons. The normalized spacial score (nSPS) is 55.0. The molecule has 1 unspecified atom stereocenters. The Kier molecular flexibility index (Phi) is 3.69. The number of cyclic esters (lactones) is 1. The lowest BCUT2D eigenvalue weighted by atomic mass is 9.69. The third-order valence-electron chi connectivity index (χ3n) is 9.03. The highest BCUT2D eigenvalue weighted by Crippen LogP contribution is 2.72. The first-order valence-electron chi connectivity index (χ1n) is 11.1. The third kappa shape index (κ3) is 1.92. The van der Waals surface area contributed by atoms with Crippen molar-refractivity contribution < 1.29 is 28.8 Å². The van der Waals surface area contributed by atoms with Gasteiger partial charge in [-0.15, -0.1) is 0 Å². The zero-order valence-corrected chi connectivity index (χ0v) is 17.6. The molecule has 29 heavy (non-hydrogen) atoms. The molecule has 6 rings (SSSR count). The van der Waals surface area contributed by atoms with Gasteiger partial charge in [-0.2, -0.15) is 0 Å². The highest BCUT2D eigenvalue weighted by atomic mass is 16.7. The van der Waals surface area contributed by atoms with Gasteiger partial charge < -0.3 is 24.1 Å². The van der Waals surface area contributed by atoms with Crippen molar-refractivity contribution in [2.24, 2.45) is 17.8 Å². The predicted octanol–water partition coefficient (Wildman–Crippen LogP) is 1.59. The molecule has 7 nitrogen and oxygen atoms in total. The maximum Gasteiger partial charge on any atom is 0.338 e. The fourth-order valence-electron chi connectivity index (χ4n) is 8.02. The molecule has 0 saturated carbocycles. The number of esters is 1. The van der Waals surface area contributed by atoms with Crippen LogP contribution in [0.1, 0.15) is 46.5 Å². The average Bonchev–Trinajstić information content (AvgIpc) is 3.40. The van der Waals surface area contributed by atoms with E-state index in [1.807, 2.05) is 6.92 Å². The molecule has 0 radical (unpaired) electrons. The van der Waals surface area contributed by atoms with Crippen molar-refractivity contribution in [2.75, 3.05) is 13.7 Å². The van der Waals surface area contributed by atoms with E-state index in [0.717, 1.165) is 32.2 Å². The Bertz CT molecular complexity index is 798. The second kappa shape index (κ2) is 5.75. The molecule has 0 aromatic heterocycles. The number of ether oxygens (including phenoxy) is 4. The molecule has 5 fully saturated rings. The highest BCUT2D eigenvalue weighted by molar-refractivity contribution is 5.91. The number of methoxy groups -OCH3 is 1. The van der Waals surface area contributed by atoms with Crippen molar-refractivity contribution in [1.29, 1.82) is 0 Å². The lowest BCUT2D eigenvalue weighted by molar-refractivity contribution is -0.280. The van der Waals surface area contributed by atoms with Gasteiger partial charge >= 0.3 is 5.97 Å². The van der Waals surface area contributed by atoms with E-state index in [0.29, 0.717) is 17.4 Å². The second-order valence-electron chi connectivity index (χ2n) is 9.91. The Morgan fingerprint density at radius 3 is 2.90 bits per heavy atom. The average molecular weight is 405 g/mol. The van der Waals surface area contributed by atoms with E-state index in [1.54, 1.807) is 14.0 Å². The fraction of sp³-hybridized carbons (Fsp3) is 0.864. The minimum atomic E-state index is -0.625. The van der Waals surface area contributed by atoms with Crippen molar-refractivity contribution in [3.05, 3.63) is 11.3 Å². The molecule has 6 aliphatic heterocycles. The topological polar surface area (TPSA) is 77.5 Å². The minimum absolute atomic E-state index is 0.104. The standard InChI is InChI=1S/C22H31NO6/c1-5-12(24)9-21-14-6-7-23(21)13-8-15(21)28-22(14)16(13)10(2)18(29-22)19-17(26-4)11(3)20(25)27-19/h10,12-16,18-19,24H,5-9H2,1-4H3/t10-,12-,13-,14+,15-,16+,18-,19+,21-,22+/m0/s1. The summed E-state index contributed by atoms with van der Waals surface area (Å²) in [6.45, 7) is 7.06. The molecule has 5 bridgehead atoms. The monoisotopic (exact) mass is 405 g/mol. The molecule has 0 amide bonds. The van der Waals surface area contributed by atoms with Crippen LogP contribution in [0, 0.1) is 17.8 Å². The van der Waals surface area contributed by atoms with Crippen LogP contribution >= 0.6 is 0 Å². The van der Waals surface area contributed by atoms with Gasteiger partial charge in [0, 0.05) is 17.9 Å². The molecule has 1 spiro atoms. The number of carbonyl (C=O) groups excluding carboxylic acids is 1. The molecule has 0 aromatic carbocycles. The van der Waals surface area contributed by atoms with Crippen molar-refractivity contribution in [3.8, 4) is 0 Å². The highest BCUT2D eigenvalue weighted by Gasteiger charge is 2.84. The van der Waals surface area contributed by atoms with Gasteiger partial charge in [-0.1, -0.05) is 13.8 Å². The summed E-state index contributed by atoms with van der Waals surface area (Å²) >= 11 is 0. The number of piperidine rings is 1. The molecule has 7 heteroatoms. The summed E-state index contributed by atoms with van der Waals surface area (Å²) in [6, 6.07) is 0.407. The minimum Gasteiger partial charge on any atom is -0.496 e. The van der Waals surface area contributed by atoms with E-state index in [9.17, 15) is 9.90 Å². The Morgan fingerprint density at radius 1 is 1.38 bits per heavy atom. The lowest BCUT2D eigenvalue weighted by Gasteiger charge is -2.49. The van der Waals surface area contributed by atoms with Crippen LogP contribution in [0.15, 0.2) is 11.3 Å². The van der Waals surface area contributed by atoms with Gasteiger partial charge in [0.05, 0.1) is 30.4 Å². The van der Waals surface area contributed by atoms with E-state index >= 15 is 0 Å². The van der Waals surface area contributed by atoms with E-state index in [2.05, 4.69) is 11.8 Å². The van der Waals surface area contributed by atoms with Gasteiger partial charge in [0.2, 0.25) is 0 Å². The number of carbonyl (C=O) groups is 1. The van der Waals surface area contributed by atoms with Gasteiger partial charge in [0.1, 0.15) is 11.9 Å². The number of rotatable bonds is 5. The van der Waals surface area contributed by atoms with Crippen LogP contribution in [0.2, 0.25) is 0 Å². The summed E-state index contributed by atoms with van der Waals surface area (Å²) in [5.74, 6) is 0.335. The molecule has 6 heterocycles. The number of hydrogen-bond donors (Lipinski definition) is 1. The number of fused-ring (bicyclic) bond motifs is 1. The van der Waals surface area contributed by atoms with Gasteiger partial charge in [-0.3, -0.25) is 4.90 Å². The third-order valence-corrected chi connectivity index (χ3v) is 9.03. The Morgan fingerprint density at radius 2 is 2.17 bits per heavy atom. The van der Waals surface area contributed by atoms with E-state index in [-0.39, 0.29) is 47.6 Å². The fourth-order valence-corrected chi connectivity index (χ4v) is 8.02. The summed E-state index contributed by atoms with van der Waals surface area (Å²) < 4.78 is 24.8. The Labute approximate surface area is 171 Å². The Balaban J connectivity index is 1.39. The maximum absolute atomic E-state index is 12.2. The molecule has 5 saturated heterocycles. The molecule has 1 N–H and O–H groups in total. The van der Waals surface area contributed by atoms with Crippen LogP contribution in [-0.2, 0) is 23.7 Å². The predicted molar refractivity (Wildman–Crippen MR) is 102 cm³/mol.